The first-order chi connectivity index (χ1) is 9.77. The maximum absolute atomic E-state index is 12.4. The minimum absolute atomic E-state index is 0.228. The van der Waals surface area contributed by atoms with Crippen LogP contribution in [-0.2, 0) is 0 Å². The Kier molecular flexibility index (Phi) is 5.79. The second kappa shape index (κ2) is 7.14. The largest absolute Gasteiger partial charge is 0.397 e. The molecule has 1 aromatic rings. The summed E-state index contributed by atoms with van der Waals surface area (Å²) in [5.41, 5.74) is 4.47. The van der Waals surface area contributed by atoms with E-state index in [0.717, 1.165) is 12.1 Å². The maximum Gasteiger partial charge on any atom is 0.271 e. The van der Waals surface area contributed by atoms with E-state index in [4.69, 9.17) is 22.4 Å². The molecule has 0 atom stereocenters. The van der Waals surface area contributed by atoms with Crippen LogP contribution in [0.5, 0.6) is 0 Å². The topological polar surface area (TPSA) is 110 Å². The minimum atomic E-state index is -2.82. The molecule has 1 amide bonds. The van der Waals surface area contributed by atoms with E-state index in [1.54, 1.807) is 0 Å². The molecule has 0 fully saturated rings. The van der Waals surface area contributed by atoms with E-state index >= 15 is 0 Å². The van der Waals surface area contributed by atoms with Gasteiger partial charge >= 0.3 is 0 Å². The van der Waals surface area contributed by atoms with Crippen LogP contribution in [0.1, 0.15) is 10.4 Å². The summed E-state index contributed by atoms with van der Waals surface area (Å²) in [5.74, 6) is -0.965. The molecule has 0 aliphatic heterocycles. The number of rotatable bonds is 6. The van der Waals surface area contributed by atoms with Gasteiger partial charge in [-0.1, -0.05) is 11.6 Å². The van der Waals surface area contributed by atoms with Gasteiger partial charge in [0.1, 0.15) is 0 Å². The zero-order chi connectivity index (χ0) is 16.2. The number of nitrogens with zero attached hydrogens (tertiary/aromatic N) is 2. The molecule has 21 heavy (non-hydrogen) atoms. The molecule has 0 saturated carbocycles. The molecule has 0 aliphatic rings. The molecule has 0 aliphatic carbocycles. The summed E-state index contributed by atoms with van der Waals surface area (Å²) in [6.07, 6.45) is -2.82. The van der Waals surface area contributed by atoms with Crippen molar-refractivity contribution in [3.05, 3.63) is 32.8 Å². The highest BCUT2D eigenvalue weighted by Crippen LogP contribution is 2.29. The Morgan fingerprint density at radius 1 is 1.52 bits per heavy atom. The van der Waals surface area contributed by atoms with Crippen LogP contribution < -0.4 is 5.73 Å². The van der Waals surface area contributed by atoms with Crippen LogP contribution in [-0.4, -0.2) is 47.0 Å². The molecule has 0 unspecified atom stereocenters. The maximum atomic E-state index is 12.4. The number of hydrogen-bond donors (Lipinski definition) is 2. The Hall–Kier alpha value is -2.00. The molecule has 3 N–H and O–H groups in total. The zero-order valence-corrected chi connectivity index (χ0v) is 11.4. The summed E-state index contributed by atoms with van der Waals surface area (Å²) in [6.45, 7) is -1.83. The highest BCUT2D eigenvalue weighted by Gasteiger charge is 2.24. The van der Waals surface area contributed by atoms with E-state index in [0.29, 0.717) is 4.90 Å². The van der Waals surface area contributed by atoms with Crippen LogP contribution in [0, 0.1) is 10.1 Å². The third kappa shape index (κ3) is 4.23. The van der Waals surface area contributed by atoms with Gasteiger partial charge in [-0.25, -0.2) is 8.78 Å². The summed E-state index contributed by atoms with van der Waals surface area (Å²) < 4.78 is 24.9. The fourth-order valence-electron chi connectivity index (χ4n) is 1.62. The van der Waals surface area contributed by atoms with Crippen molar-refractivity contribution in [2.75, 3.05) is 25.4 Å². The number of aliphatic hydroxyl groups excluding tert-OH is 1. The lowest BCUT2D eigenvalue weighted by Gasteiger charge is -2.22. The molecule has 1 aromatic carbocycles. The van der Waals surface area contributed by atoms with Crippen LogP contribution in [0.4, 0.5) is 20.2 Å². The summed E-state index contributed by atoms with van der Waals surface area (Å²) >= 11 is 5.70. The lowest BCUT2D eigenvalue weighted by atomic mass is 10.1. The molecule has 0 spiro atoms. The van der Waals surface area contributed by atoms with Gasteiger partial charge < -0.3 is 15.7 Å². The number of amides is 1. The average molecular weight is 324 g/mol. The third-order valence-corrected chi connectivity index (χ3v) is 2.88. The van der Waals surface area contributed by atoms with Crippen molar-refractivity contribution in [1.29, 1.82) is 0 Å². The molecular weight excluding hydrogens is 312 g/mol. The molecule has 7 nitrogen and oxygen atoms in total. The van der Waals surface area contributed by atoms with Gasteiger partial charge in [0, 0.05) is 18.7 Å². The van der Waals surface area contributed by atoms with Crippen molar-refractivity contribution in [2.45, 2.75) is 6.43 Å². The molecule has 1 rings (SSSR count). The Bertz CT molecular complexity index is 557. The Balaban J connectivity index is 3.23. The number of nitro groups is 1. The van der Waals surface area contributed by atoms with E-state index < -0.39 is 36.1 Å². The lowest BCUT2D eigenvalue weighted by molar-refractivity contribution is -0.384. The number of carbonyl (C=O) groups is 1. The van der Waals surface area contributed by atoms with Gasteiger partial charge in [0.15, 0.2) is 0 Å². The quantitative estimate of drug-likeness (QED) is 0.468. The predicted octanol–water partition coefficient (Wildman–Crippen LogP) is 1.53. The van der Waals surface area contributed by atoms with Gasteiger partial charge in [-0.2, -0.15) is 0 Å². The third-order valence-electron chi connectivity index (χ3n) is 2.57. The predicted molar refractivity (Wildman–Crippen MR) is 71.5 cm³/mol. The normalized spacial score (nSPS) is 10.7. The number of halogens is 3. The lowest BCUT2D eigenvalue weighted by Crippen LogP contribution is -2.37. The van der Waals surface area contributed by atoms with Gasteiger partial charge in [-0.15, -0.1) is 0 Å². The standard InChI is InChI=1S/C11H12ClF2N3O4/c12-8-4-6(17(20)21)3-7(10(8)15)11(19)16(1-2-18)5-9(13)14/h3-4,9,18H,1-2,5,15H2. The average Bonchev–Trinajstić information content (AvgIpc) is 2.39. The van der Waals surface area contributed by atoms with Crippen molar-refractivity contribution in [1.82, 2.24) is 4.90 Å². The van der Waals surface area contributed by atoms with Crippen LogP contribution in [0.2, 0.25) is 5.02 Å². The summed E-state index contributed by atoms with van der Waals surface area (Å²) in [4.78, 5) is 22.7. The first kappa shape index (κ1) is 17.1. The second-order valence-corrected chi connectivity index (χ2v) is 4.42. The van der Waals surface area contributed by atoms with Gasteiger partial charge in [0.25, 0.3) is 18.0 Å². The zero-order valence-electron chi connectivity index (χ0n) is 10.6. The van der Waals surface area contributed by atoms with Crippen molar-refractivity contribution in [3.8, 4) is 0 Å². The van der Waals surface area contributed by atoms with E-state index in [2.05, 4.69) is 0 Å². The Labute approximate surface area is 123 Å². The number of benzene rings is 1. The number of nitrogens with two attached hydrogens (primary N) is 1. The number of anilines is 1. The smallest absolute Gasteiger partial charge is 0.271 e. The van der Waals surface area contributed by atoms with Crippen LogP contribution in [0.15, 0.2) is 12.1 Å². The fraction of sp³-hybridized carbons (Fsp3) is 0.364. The van der Waals surface area contributed by atoms with Gasteiger partial charge in [0.2, 0.25) is 0 Å². The van der Waals surface area contributed by atoms with Crippen molar-refractivity contribution in [2.24, 2.45) is 0 Å². The second-order valence-electron chi connectivity index (χ2n) is 4.01. The summed E-state index contributed by atoms with van der Waals surface area (Å²) in [6, 6.07) is 1.82. The van der Waals surface area contributed by atoms with Gasteiger partial charge in [-0.3, -0.25) is 14.9 Å². The SMILES string of the molecule is Nc1c(Cl)cc([N+](=O)[O-])cc1C(=O)N(CCO)CC(F)F. The first-order valence-electron chi connectivity index (χ1n) is 5.69. The van der Waals surface area contributed by atoms with Crippen molar-refractivity contribution < 1.29 is 23.6 Å². The highest BCUT2D eigenvalue weighted by atomic mass is 35.5. The molecule has 116 valence electrons. The molecule has 10 heteroatoms. The van der Waals surface area contributed by atoms with Gasteiger partial charge in [-0.05, 0) is 0 Å². The van der Waals surface area contributed by atoms with Crippen LogP contribution in [0.3, 0.4) is 0 Å². The fourth-order valence-corrected chi connectivity index (χ4v) is 1.83. The first-order valence-corrected chi connectivity index (χ1v) is 6.07. The molecule has 0 bridgehead atoms. The summed E-state index contributed by atoms with van der Waals surface area (Å²) in [5, 5.41) is 19.3. The van der Waals surface area contributed by atoms with E-state index in [1.807, 2.05) is 0 Å². The van der Waals surface area contributed by atoms with Crippen molar-refractivity contribution >= 4 is 28.9 Å². The van der Waals surface area contributed by atoms with Crippen LogP contribution in [0.25, 0.3) is 0 Å². The number of nitrogen functional groups attached to an aromatic ring is 1. The highest BCUT2D eigenvalue weighted by molar-refractivity contribution is 6.34. The number of alkyl halides is 2. The number of carbonyl (C=O) groups excluding carboxylic acids is 1. The molecular formula is C11H12ClF2N3O4. The molecule has 0 radical (unpaired) electrons. The van der Waals surface area contributed by atoms with Crippen LogP contribution >= 0.6 is 11.6 Å². The minimum Gasteiger partial charge on any atom is -0.397 e. The van der Waals surface area contributed by atoms with E-state index in [9.17, 15) is 23.7 Å². The molecule has 0 heterocycles. The van der Waals surface area contributed by atoms with Gasteiger partial charge in [0.05, 0.1) is 34.3 Å². The number of nitro benzene ring substituents is 1. The van der Waals surface area contributed by atoms with E-state index in [-0.39, 0.29) is 22.8 Å². The number of aliphatic hydroxyl groups is 1. The summed E-state index contributed by atoms with van der Waals surface area (Å²) in [7, 11) is 0. The van der Waals surface area contributed by atoms with Crippen molar-refractivity contribution in [3.63, 3.8) is 0 Å². The Morgan fingerprint density at radius 3 is 2.62 bits per heavy atom. The number of non-ortho nitro benzene ring substituents is 1. The molecule has 0 saturated heterocycles. The monoisotopic (exact) mass is 323 g/mol. The molecule has 0 aromatic heterocycles. The van der Waals surface area contributed by atoms with E-state index in [1.165, 1.54) is 0 Å². The Morgan fingerprint density at radius 2 is 2.14 bits per heavy atom. The number of hydrogen-bond acceptors (Lipinski definition) is 5.